The summed E-state index contributed by atoms with van der Waals surface area (Å²) in [5.41, 5.74) is 1.78. The van der Waals surface area contributed by atoms with E-state index in [1.54, 1.807) is 10.6 Å². The highest BCUT2D eigenvalue weighted by Crippen LogP contribution is 2.26. The molecule has 1 saturated heterocycles. The van der Waals surface area contributed by atoms with Gasteiger partial charge in [-0.3, -0.25) is 4.57 Å². The first-order chi connectivity index (χ1) is 14.8. The molecule has 2 heterocycles. The predicted molar refractivity (Wildman–Crippen MR) is 115 cm³/mol. The second kappa shape index (κ2) is 9.07. The van der Waals surface area contributed by atoms with Crippen LogP contribution in [0.2, 0.25) is 0 Å². The number of ether oxygens (including phenoxy) is 1. The molecule has 3 aromatic rings. The number of hydrogen-bond donors (Lipinski definition) is 1. The molecule has 1 aliphatic rings. The number of para-hydroxylation sites is 1. The molecule has 150 valence electrons. The van der Waals surface area contributed by atoms with Gasteiger partial charge in [-0.25, -0.2) is 0 Å². The number of aromatic nitrogens is 3. The number of morpholine rings is 1. The number of nitriles is 1. The third kappa shape index (κ3) is 4.09. The van der Waals surface area contributed by atoms with Gasteiger partial charge in [-0.05, 0) is 23.8 Å². The Balaban J connectivity index is 1.79. The molecule has 0 atom stereocenters. The molecule has 1 fully saturated rings. The van der Waals surface area contributed by atoms with Crippen LogP contribution in [0.25, 0.3) is 17.3 Å². The van der Waals surface area contributed by atoms with E-state index in [2.05, 4.69) is 21.2 Å². The van der Waals surface area contributed by atoms with Crippen molar-refractivity contribution >= 4 is 17.6 Å². The summed E-state index contributed by atoms with van der Waals surface area (Å²) in [5.74, 6) is 0.743. The lowest BCUT2D eigenvalue weighted by Crippen LogP contribution is -2.38. The number of allylic oxidation sites excluding steroid dienone is 2. The Bertz CT molecular complexity index is 1090. The van der Waals surface area contributed by atoms with Crippen molar-refractivity contribution in [2.75, 3.05) is 31.2 Å². The summed E-state index contributed by atoms with van der Waals surface area (Å²) < 4.78 is 7.25. The van der Waals surface area contributed by atoms with Crippen molar-refractivity contribution in [3.63, 3.8) is 0 Å². The lowest BCUT2D eigenvalue weighted by molar-refractivity contribution is 0.122. The van der Waals surface area contributed by atoms with Gasteiger partial charge >= 0.3 is 0 Å². The van der Waals surface area contributed by atoms with Gasteiger partial charge in [-0.15, -0.1) is 10.2 Å². The summed E-state index contributed by atoms with van der Waals surface area (Å²) in [5, 5.41) is 29.1. The Hall–Kier alpha value is -3.89. The Kier molecular flexibility index (Phi) is 5.88. The number of hydrogen-bond acceptors (Lipinski definition) is 6. The summed E-state index contributed by atoms with van der Waals surface area (Å²) in [6.45, 7) is 2.55. The van der Waals surface area contributed by atoms with Gasteiger partial charge in [-0.1, -0.05) is 54.6 Å². The van der Waals surface area contributed by atoms with Gasteiger partial charge in [0, 0.05) is 13.1 Å². The van der Waals surface area contributed by atoms with Gasteiger partial charge in [0.1, 0.15) is 17.4 Å². The summed E-state index contributed by atoms with van der Waals surface area (Å²) in [6.07, 6.45) is 3.26. The lowest BCUT2D eigenvalue weighted by Gasteiger charge is -2.28. The highest BCUT2D eigenvalue weighted by Gasteiger charge is 2.24. The topological polar surface area (TPSA) is 87.2 Å². The molecule has 0 bridgehead atoms. The smallest absolute Gasteiger partial charge is 0.232 e. The zero-order valence-electron chi connectivity index (χ0n) is 16.3. The van der Waals surface area contributed by atoms with E-state index in [9.17, 15) is 10.4 Å². The Morgan fingerprint density at radius 2 is 1.67 bits per heavy atom. The van der Waals surface area contributed by atoms with E-state index in [1.807, 2.05) is 60.7 Å². The summed E-state index contributed by atoms with van der Waals surface area (Å²) in [7, 11) is 0. The van der Waals surface area contributed by atoms with Crippen molar-refractivity contribution in [2.24, 2.45) is 0 Å². The van der Waals surface area contributed by atoms with Crippen LogP contribution in [-0.4, -0.2) is 46.2 Å². The maximum Gasteiger partial charge on any atom is 0.232 e. The second-order valence-corrected chi connectivity index (χ2v) is 6.71. The second-order valence-electron chi connectivity index (χ2n) is 6.71. The van der Waals surface area contributed by atoms with E-state index in [0.717, 1.165) is 11.3 Å². The molecule has 4 rings (SSSR count). The lowest BCUT2D eigenvalue weighted by atomic mass is 10.1. The zero-order chi connectivity index (χ0) is 20.8. The maximum atomic E-state index is 10.7. The summed E-state index contributed by atoms with van der Waals surface area (Å²) in [6, 6.07) is 21.2. The number of aliphatic hydroxyl groups is 1. The highest BCUT2D eigenvalue weighted by molar-refractivity contribution is 5.79. The fraction of sp³-hybridized carbons (Fsp3) is 0.174. The van der Waals surface area contributed by atoms with Crippen molar-refractivity contribution in [2.45, 2.75) is 0 Å². The van der Waals surface area contributed by atoms with E-state index >= 15 is 0 Å². The van der Waals surface area contributed by atoms with Crippen LogP contribution in [-0.2, 0) is 4.74 Å². The first kappa shape index (κ1) is 19.4. The summed E-state index contributed by atoms with van der Waals surface area (Å²) in [4.78, 5) is 2.07. The third-order valence-electron chi connectivity index (χ3n) is 4.78. The molecule has 0 saturated carbocycles. The predicted octanol–water partition coefficient (Wildman–Crippen LogP) is 3.61. The van der Waals surface area contributed by atoms with E-state index < -0.39 is 0 Å². The first-order valence-corrected chi connectivity index (χ1v) is 9.68. The number of nitrogens with zero attached hydrogens (tertiary/aromatic N) is 5. The van der Waals surface area contributed by atoms with Crippen LogP contribution in [0.1, 0.15) is 11.4 Å². The molecular formula is C23H21N5O2. The molecule has 1 N–H and O–H groups in total. The molecule has 1 aliphatic heterocycles. The number of benzene rings is 2. The number of anilines is 1. The molecule has 2 aromatic carbocycles. The van der Waals surface area contributed by atoms with Crippen LogP contribution in [0.4, 0.5) is 5.95 Å². The van der Waals surface area contributed by atoms with Gasteiger partial charge in [0.05, 0.1) is 18.9 Å². The van der Waals surface area contributed by atoms with Crippen molar-refractivity contribution in [1.82, 2.24) is 14.8 Å². The SMILES string of the molecule is N#C/C(=C(O)\C=C\c1ccccc1)c1nnc(N2CCOCC2)n1-c1ccccc1. The van der Waals surface area contributed by atoms with E-state index in [-0.39, 0.29) is 11.3 Å². The minimum Gasteiger partial charge on any atom is -0.506 e. The molecule has 0 amide bonds. The van der Waals surface area contributed by atoms with Gasteiger partial charge in [-0.2, -0.15) is 5.26 Å². The molecule has 30 heavy (non-hydrogen) atoms. The van der Waals surface area contributed by atoms with Gasteiger partial charge in [0.15, 0.2) is 5.82 Å². The van der Waals surface area contributed by atoms with Gasteiger partial charge in [0.25, 0.3) is 0 Å². The van der Waals surface area contributed by atoms with Crippen LogP contribution in [0.3, 0.4) is 0 Å². The quantitative estimate of drug-likeness (QED) is 0.401. The Morgan fingerprint density at radius 1 is 1.00 bits per heavy atom. The third-order valence-corrected chi connectivity index (χ3v) is 4.78. The molecule has 0 radical (unpaired) electrons. The van der Waals surface area contributed by atoms with Crippen molar-refractivity contribution in [3.05, 3.63) is 83.9 Å². The molecule has 7 heteroatoms. The monoisotopic (exact) mass is 399 g/mol. The maximum absolute atomic E-state index is 10.7. The van der Waals surface area contributed by atoms with Crippen LogP contribution in [0, 0.1) is 11.3 Å². The van der Waals surface area contributed by atoms with Crippen LogP contribution in [0.5, 0.6) is 0 Å². The molecule has 0 unspecified atom stereocenters. The Morgan fingerprint density at radius 3 is 2.33 bits per heavy atom. The van der Waals surface area contributed by atoms with Crippen LogP contribution in [0.15, 0.2) is 72.5 Å². The van der Waals surface area contributed by atoms with Gasteiger partial charge in [0.2, 0.25) is 5.95 Å². The zero-order valence-corrected chi connectivity index (χ0v) is 16.3. The molecule has 1 aromatic heterocycles. The minimum atomic E-state index is -0.167. The molecular weight excluding hydrogens is 378 g/mol. The van der Waals surface area contributed by atoms with Crippen LogP contribution < -0.4 is 4.90 Å². The summed E-state index contributed by atoms with van der Waals surface area (Å²) >= 11 is 0. The largest absolute Gasteiger partial charge is 0.506 e. The average Bonchev–Trinajstić information content (AvgIpc) is 3.25. The molecule has 0 spiro atoms. The van der Waals surface area contributed by atoms with Crippen LogP contribution >= 0.6 is 0 Å². The standard InChI is InChI=1S/C23H21N5O2/c24-17-20(21(29)12-11-18-7-3-1-4-8-18)22-25-26-23(27-13-15-30-16-14-27)28(22)19-9-5-2-6-10-19/h1-12,29H,13-16H2/b12-11+,21-20-. The minimum absolute atomic E-state index is 0.0537. The Labute approximate surface area is 174 Å². The van der Waals surface area contributed by atoms with E-state index in [0.29, 0.717) is 38.1 Å². The van der Waals surface area contributed by atoms with Crippen molar-refractivity contribution in [1.29, 1.82) is 5.26 Å². The van der Waals surface area contributed by atoms with E-state index in [1.165, 1.54) is 6.08 Å². The fourth-order valence-electron chi connectivity index (χ4n) is 3.27. The first-order valence-electron chi connectivity index (χ1n) is 9.68. The highest BCUT2D eigenvalue weighted by atomic mass is 16.5. The molecule has 0 aliphatic carbocycles. The van der Waals surface area contributed by atoms with Gasteiger partial charge < -0.3 is 14.7 Å². The van der Waals surface area contributed by atoms with E-state index in [4.69, 9.17) is 4.74 Å². The average molecular weight is 399 g/mol. The fourth-order valence-corrected chi connectivity index (χ4v) is 3.27. The van der Waals surface area contributed by atoms with Crippen molar-refractivity contribution in [3.8, 4) is 11.8 Å². The van der Waals surface area contributed by atoms with Crippen molar-refractivity contribution < 1.29 is 9.84 Å². The number of rotatable bonds is 5. The molecule has 7 nitrogen and oxygen atoms in total. The normalized spacial score (nSPS) is 15.1. The number of aliphatic hydroxyl groups excluding tert-OH is 1.